The lowest BCUT2D eigenvalue weighted by Crippen LogP contribution is -2.32. The molecule has 146 valence electrons. The second-order valence-corrected chi connectivity index (χ2v) is 8.35. The third-order valence-corrected chi connectivity index (χ3v) is 5.99. The number of alkyl halides is 3. The summed E-state index contributed by atoms with van der Waals surface area (Å²) in [5, 5.41) is 8.78. The summed E-state index contributed by atoms with van der Waals surface area (Å²) < 4.78 is 66.4. The Hall–Kier alpha value is -2.07. The Morgan fingerprint density at radius 3 is 2.30 bits per heavy atom. The molecule has 10 heteroatoms. The van der Waals surface area contributed by atoms with Gasteiger partial charge in [-0.15, -0.1) is 0 Å². The van der Waals surface area contributed by atoms with Crippen molar-refractivity contribution in [1.29, 1.82) is 0 Å². The molecule has 0 heterocycles. The molecule has 0 amide bonds. The number of halogens is 4. The van der Waals surface area contributed by atoms with E-state index in [-0.39, 0.29) is 30.0 Å². The highest BCUT2D eigenvalue weighted by Gasteiger charge is 2.32. The van der Waals surface area contributed by atoms with Gasteiger partial charge in [0.05, 0.1) is 16.1 Å². The third-order valence-electron chi connectivity index (χ3n) is 3.61. The van der Waals surface area contributed by atoms with Crippen molar-refractivity contribution in [2.75, 3.05) is 10.8 Å². The summed E-state index contributed by atoms with van der Waals surface area (Å²) in [5.41, 5.74) is -1.17. The zero-order valence-electron chi connectivity index (χ0n) is 13.8. The highest BCUT2D eigenvalue weighted by Crippen LogP contribution is 2.33. The van der Waals surface area contributed by atoms with Gasteiger partial charge in [0.2, 0.25) is 0 Å². The van der Waals surface area contributed by atoms with Crippen LogP contribution in [-0.2, 0) is 21.0 Å². The number of hydrogen-bond acceptors (Lipinski definition) is 3. The summed E-state index contributed by atoms with van der Waals surface area (Å²) in [6, 6.07) is 9.55. The van der Waals surface area contributed by atoms with Crippen molar-refractivity contribution < 1.29 is 31.5 Å². The number of carboxylic acids is 1. The number of carboxylic acid groups (broad SMARTS) is 1. The molecule has 0 aliphatic rings. The molecule has 0 spiro atoms. The van der Waals surface area contributed by atoms with Gasteiger partial charge in [0, 0.05) is 17.4 Å². The fraction of sp³-hybridized carbons (Fsp3) is 0.235. The minimum atomic E-state index is -4.63. The van der Waals surface area contributed by atoms with Gasteiger partial charge >= 0.3 is 12.1 Å². The molecule has 0 aromatic heterocycles. The van der Waals surface area contributed by atoms with Crippen molar-refractivity contribution in [3.8, 4) is 0 Å². The maximum absolute atomic E-state index is 13.0. The van der Waals surface area contributed by atoms with E-state index in [1.165, 1.54) is 30.3 Å². The Morgan fingerprint density at radius 2 is 1.74 bits per heavy atom. The summed E-state index contributed by atoms with van der Waals surface area (Å²) in [6.07, 6.45) is -5.00. The molecule has 0 aliphatic carbocycles. The van der Waals surface area contributed by atoms with Gasteiger partial charge in [0.1, 0.15) is 0 Å². The first-order chi connectivity index (χ1) is 12.5. The molecule has 5 nitrogen and oxygen atoms in total. The van der Waals surface area contributed by atoms with Crippen molar-refractivity contribution >= 4 is 37.6 Å². The SMILES string of the molecule is O=C(O)CCCN(c1cccc(C(F)(F)F)c1)S(=O)(=O)c1ccc(Br)cc1. The van der Waals surface area contributed by atoms with E-state index < -0.39 is 27.7 Å². The molecule has 0 saturated heterocycles. The number of benzene rings is 2. The first-order valence-electron chi connectivity index (χ1n) is 7.69. The molecular formula is C17H15BrF3NO4S. The van der Waals surface area contributed by atoms with Crippen LogP contribution in [-0.4, -0.2) is 26.0 Å². The topological polar surface area (TPSA) is 74.7 Å². The van der Waals surface area contributed by atoms with Gasteiger partial charge in [-0.25, -0.2) is 8.42 Å². The van der Waals surface area contributed by atoms with E-state index in [2.05, 4.69) is 15.9 Å². The molecule has 0 atom stereocenters. The molecule has 2 aromatic rings. The largest absolute Gasteiger partial charge is 0.481 e. The van der Waals surface area contributed by atoms with Crippen molar-refractivity contribution in [2.45, 2.75) is 23.9 Å². The molecule has 0 fully saturated rings. The molecular weight excluding hydrogens is 451 g/mol. The lowest BCUT2D eigenvalue weighted by atomic mass is 10.2. The lowest BCUT2D eigenvalue weighted by molar-refractivity contribution is -0.138. The Morgan fingerprint density at radius 1 is 1.11 bits per heavy atom. The first kappa shape index (κ1) is 21.2. The number of carbonyl (C=O) groups is 1. The Bertz CT molecular complexity index is 915. The minimum Gasteiger partial charge on any atom is -0.481 e. The van der Waals surface area contributed by atoms with E-state index in [1.54, 1.807) is 0 Å². The van der Waals surface area contributed by atoms with Crippen LogP contribution in [0.25, 0.3) is 0 Å². The average molecular weight is 466 g/mol. The highest BCUT2D eigenvalue weighted by molar-refractivity contribution is 9.10. The summed E-state index contributed by atoms with van der Waals surface area (Å²) in [7, 11) is -4.18. The standard InChI is InChI=1S/C17H15BrF3NO4S/c18-13-6-8-15(9-7-13)27(25,26)22(10-2-5-16(23)24)14-4-1-3-12(11-14)17(19,20)21/h1,3-4,6-9,11H,2,5,10H2,(H,23,24). The molecule has 0 aliphatic heterocycles. The summed E-state index contributed by atoms with van der Waals surface area (Å²) >= 11 is 3.18. The van der Waals surface area contributed by atoms with Gasteiger partial charge < -0.3 is 5.11 Å². The van der Waals surface area contributed by atoms with Gasteiger partial charge in [-0.05, 0) is 48.9 Å². The summed E-state index contributed by atoms with van der Waals surface area (Å²) in [5.74, 6) is -1.12. The maximum atomic E-state index is 13.0. The zero-order valence-corrected chi connectivity index (χ0v) is 16.2. The predicted molar refractivity (Wildman–Crippen MR) is 97.0 cm³/mol. The monoisotopic (exact) mass is 465 g/mol. The van der Waals surface area contributed by atoms with Crippen LogP contribution in [0, 0.1) is 0 Å². The van der Waals surface area contributed by atoms with Gasteiger partial charge in [-0.1, -0.05) is 22.0 Å². The Labute approximate surface area is 162 Å². The number of hydrogen-bond donors (Lipinski definition) is 1. The molecule has 0 bridgehead atoms. The van der Waals surface area contributed by atoms with Gasteiger partial charge in [-0.2, -0.15) is 13.2 Å². The van der Waals surface area contributed by atoms with Crippen LogP contribution in [0.5, 0.6) is 0 Å². The smallest absolute Gasteiger partial charge is 0.416 e. The van der Waals surface area contributed by atoms with Crippen molar-refractivity contribution in [2.24, 2.45) is 0 Å². The third kappa shape index (κ3) is 5.46. The normalized spacial score (nSPS) is 12.0. The lowest BCUT2D eigenvalue weighted by Gasteiger charge is -2.25. The van der Waals surface area contributed by atoms with Crippen molar-refractivity contribution in [3.63, 3.8) is 0 Å². The first-order valence-corrected chi connectivity index (χ1v) is 9.92. The van der Waals surface area contributed by atoms with Crippen LogP contribution in [0.3, 0.4) is 0 Å². The van der Waals surface area contributed by atoms with Crippen LogP contribution in [0.2, 0.25) is 0 Å². The Kier molecular flexibility index (Phi) is 6.53. The summed E-state index contributed by atoms with van der Waals surface area (Å²) in [6.45, 7) is -0.272. The van der Waals surface area contributed by atoms with E-state index in [4.69, 9.17) is 5.11 Å². The van der Waals surface area contributed by atoms with E-state index >= 15 is 0 Å². The number of rotatable bonds is 7. The zero-order chi connectivity index (χ0) is 20.2. The number of anilines is 1. The average Bonchev–Trinajstić information content (AvgIpc) is 2.58. The number of sulfonamides is 1. The second kappa shape index (κ2) is 8.30. The molecule has 0 radical (unpaired) electrons. The summed E-state index contributed by atoms with van der Waals surface area (Å²) in [4.78, 5) is 10.6. The van der Waals surface area contributed by atoms with Gasteiger partial charge in [0.15, 0.2) is 0 Å². The fourth-order valence-corrected chi connectivity index (χ4v) is 4.09. The van der Waals surface area contributed by atoms with E-state index in [0.717, 1.165) is 22.5 Å². The molecule has 2 aromatic carbocycles. The number of aliphatic carboxylic acids is 1. The molecule has 2 rings (SSSR count). The van der Waals surface area contributed by atoms with E-state index in [9.17, 15) is 26.4 Å². The van der Waals surface area contributed by atoms with Crippen LogP contribution >= 0.6 is 15.9 Å². The van der Waals surface area contributed by atoms with Crippen LogP contribution in [0.1, 0.15) is 18.4 Å². The quantitative estimate of drug-likeness (QED) is 0.651. The maximum Gasteiger partial charge on any atom is 0.416 e. The van der Waals surface area contributed by atoms with Gasteiger partial charge in [-0.3, -0.25) is 9.10 Å². The number of nitrogens with zero attached hydrogens (tertiary/aromatic N) is 1. The van der Waals surface area contributed by atoms with E-state index in [0.29, 0.717) is 4.47 Å². The fourth-order valence-electron chi connectivity index (χ4n) is 2.33. The predicted octanol–water partition coefficient (Wildman–Crippen LogP) is 4.53. The molecule has 1 N–H and O–H groups in total. The minimum absolute atomic E-state index is 0.0542. The van der Waals surface area contributed by atoms with Crippen molar-refractivity contribution in [1.82, 2.24) is 0 Å². The van der Waals surface area contributed by atoms with Crippen LogP contribution < -0.4 is 4.31 Å². The molecule has 27 heavy (non-hydrogen) atoms. The highest BCUT2D eigenvalue weighted by atomic mass is 79.9. The van der Waals surface area contributed by atoms with Crippen LogP contribution in [0.15, 0.2) is 57.9 Å². The second-order valence-electron chi connectivity index (χ2n) is 5.58. The van der Waals surface area contributed by atoms with Crippen molar-refractivity contribution in [3.05, 3.63) is 58.6 Å². The van der Waals surface area contributed by atoms with Crippen LogP contribution in [0.4, 0.5) is 18.9 Å². The Balaban J connectivity index is 2.48. The molecule has 0 unspecified atom stereocenters. The molecule has 0 saturated carbocycles. The van der Waals surface area contributed by atoms with E-state index in [1.807, 2.05) is 0 Å². The van der Waals surface area contributed by atoms with Gasteiger partial charge in [0.25, 0.3) is 10.0 Å².